The minimum Gasteiger partial charge on any atom is -0.487 e. The Bertz CT molecular complexity index is 1020. The summed E-state index contributed by atoms with van der Waals surface area (Å²) in [5.74, 6) is 0.359. The Hall–Kier alpha value is -2.74. The summed E-state index contributed by atoms with van der Waals surface area (Å²) in [5, 5.41) is 2.89. The van der Waals surface area contributed by atoms with E-state index in [2.05, 4.69) is 10.0 Å². The molecular weight excluding hydrogens is 402 g/mol. The lowest BCUT2D eigenvalue weighted by Crippen LogP contribution is -2.38. The summed E-state index contributed by atoms with van der Waals surface area (Å²) in [6.07, 6.45) is 4.25. The van der Waals surface area contributed by atoms with Gasteiger partial charge in [-0.2, -0.15) is 0 Å². The van der Waals surface area contributed by atoms with Gasteiger partial charge in [-0.05, 0) is 56.4 Å². The van der Waals surface area contributed by atoms with Crippen LogP contribution in [0.2, 0.25) is 0 Å². The first kappa shape index (κ1) is 22.0. The second-order valence-corrected chi connectivity index (χ2v) is 9.53. The number of hydrogen-bond donors (Lipinski definition) is 2. The molecule has 0 unspecified atom stereocenters. The number of piperidine rings is 1. The highest BCUT2D eigenvalue weighted by Gasteiger charge is 2.17. The minimum absolute atomic E-state index is 0.154. The Morgan fingerprint density at radius 3 is 2.50 bits per heavy atom. The van der Waals surface area contributed by atoms with Crippen molar-refractivity contribution in [3.05, 3.63) is 53.1 Å². The van der Waals surface area contributed by atoms with Crippen LogP contribution in [0.4, 0.5) is 16.2 Å². The van der Waals surface area contributed by atoms with Crippen LogP contribution in [0, 0.1) is 13.8 Å². The van der Waals surface area contributed by atoms with E-state index in [-0.39, 0.29) is 12.6 Å². The highest BCUT2D eigenvalue weighted by Crippen LogP contribution is 2.30. The number of sulfonamides is 1. The van der Waals surface area contributed by atoms with E-state index in [0.29, 0.717) is 17.1 Å². The van der Waals surface area contributed by atoms with Gasteiger partial charge in [-0.15, -0.1) is 0 Å². The van der Waals surface area contributed by atoms with Crippen LogP contribution in [0.3, 0.4) is 0 Å². The number of hydrogen-bond acceptors (Lipinski definition) is 4. The predicted octanol–water partition coefficient (Wildman–Crippen LogP) is 4.27. The number of amides is 2. The van der Waals surface area contributed by atoms with Gasteiger partial charge in [-0.3, -0.25) is 4.72 Å². The van der Waals surface area contributed by atoms with Crippen molar-refractivity contribution in [2.75, 3.05) is 29.4 Å². The maximum Gasteiger partial charge on any atom is 0.321 e. The molecule has 1 heterocycles. The fourth-order valence-electron chi connectivity index (χ4n) is 3.41. The highest BCUT2D eigenvalue weighted by molar-refractivity contribution is 7.92. The van der Waals surface area contributed by atoms with Crippen molar-refractivity contribution < 1.29 is 17.9 Å². The molecule has 1 aliphatic heterocycles. The first-order chi connectivity index (χ1) is 14.2. The predicted molar refractivity (Wildman–Crippen MR) is 120 cm³/mol. The monoisotopic (exact) mass is 431 g/mol. The average Bonchev–Trinajstić information content (AvgIpc) is 2.70. The summed E-state index contributed by atoms with van der Waals surface area (Å²) in [6.45, 7) is 5.79. The Kier molecular flexibility index (Phi) is 6.87. The number of carbonyl (C=O) groups excluding carboxylic acids is 1. The van der Waals surface area contributed by atoms with E-state index < -0.39 is 10.0 Å². The van der Waals surface area contributed by atoms with Crippen molar-refractivity contribution in [3.8, 4) is 5.75 Å². The number of nitrogens with one attached hydrogen (secondary N) is 2. The van der Waals surface area contributed by atoms with Gasteiger partial charge in [0.15, 0.2) is 0 Å². The van der Waals surface area contributed by atoms with Gasteiger partial charge in [0.05, 0.1) is 11.9 Å². The van der Waals surface area contributed by atoms with Crippen LogP contribution in [-0.4, -0.2) is 38.7 Å². The van der Waals surface area contributed by atoms with Crippen LogP contribution in [0.25, 0.3) is 0 Å². The largest absolute Gasteiger partial charge is 0.487 e. The summed E-state index contributed by atoms with van der Waals surface area (Å²) in [4.78, 5) is 14.3. The van der Waals surface area contributed by atoms with Gasteiger partial charge in [-0.1, -0.05) is 23.8 Å². The lowest BCUT2D eigenvalue weighted by molar-refractivity contribution is 0.200. The number of urea groups is 1. The maximum atomic E-state index is 12.5. The molecule has 2 N–H and O–H groups in total. The lowest BCUT2D eigenvalue weighted by Gasteiger charge is -2.27. The van der Waals surface area contributed by atoms with Gasteiger partial charge in [-0.25, -0.2) is 13.2 Å². The smallest absolute Gasteiger partial charge is 0.321 e. The molecule has 162 valence electrons. The summed E-state index contributed by atoms with van der Waals surface area (Å²) in [6, 6.07) is 10.9. The second-order valence-electron chi connectivity index (χ2n) is 7.78. The first-order valence-corrected chi connectivity index (χ1v) is 12.0. The maximum absolute atomic E-state index is 12.5. The molecule has 30 heavy (non-hydrogen) atoms. The van der Waals surface area contributed by atoms with Gasteiger partial charge < -0.3 is 15.0 Å². The van der Waals surface area contributed by atoms with Crippen LogP contribution in [0.1, 0.15) is 36.0 Å². The molecule has 0 spiro atoms. The zero-order chi connectivity index (χ0) is 21.7. The summed E-state index contributed by atoms with van der Waals surface area (Å²) in [5.41, 5.74) is 4.12. The molecule has 0 atom stereocenters. The Balaban J connectivity index is 1.80. The zero-order valence-electron chi connectivity index (χ0n) is 17.7. The number of benzene rings is 2. The molecule has 0 saturated carbocycles. The van der Waals surface area contributed by atoms with Gasteiger partial charge in [0.25, 0.3) is 0 Å². The Labute approximate surface area is 178 Å². The topological polar surface area (TPSA) is 87.7 Å². The van der Waals surface area contributed by atoms with Crippen molar-refractivity contribution in [1.29, 1.82) is 0 Å². The molecule has 2 aromatic rings. The molecule has 8 heteroatoms. The molecule has 1 aliphatic rings. The molecule has 3 rings (SSSR count). The number of anilines is 2. The van der Waals surface area contributed by atoms with E-state index >= 15 is 0 Å². The van der Waals surface area contributed by atoms with Gasteiger partial charge >= 0.3 is 6.03 Å². The van der Waals surface area contributed by atoms with E-state index in [1.807, 2.05) is 32.0 Å². The van der Waals surface area contributed by atoms with Gasteiger partial charge in [0.2, 0.25) is 10.0 Å². The van der Waals surface area contributed by atoms with Crippen LogP contribution in [0.5, 0.6) is 5.75 Å². The molecule has 1 saturated heterocycles. The van der Waals surface area contributed by atoms with Gasteiger partial charge in [0, 0.05) is 24.8 Å². The molecule has 2 aromatic carbocycles. The van der Waals surface area contributed by atoms with Crippen LogP contribution < -0.4 is 14.8 Å². The second kappa shape index (κ2) is 9.38. The summed E-state index contributed by atoms with van der Waals surface area (Å²) in [7, 11) is -3.48. The van der Waals surface area contributed by atoms with E-state index in [1.165, 1.54) is 0 Å². The number of nitrogens with zero attached hydrogens (tertiary/aromatic N) is 1. The number of likely N-dealkylation sites (tertiary alicyclic amines) is 1. The quantitative estimate of drug-likeness (QED) is 0.715. The molecule has 0 radical (unpaired) electrons. The average molecular weight is 432 g/mol. The fourth-order valence-corrected chi connectivity index (χ4v) is 3.98. The normalized spacial score (nSPS) is 14.3. The standard InChI is InChI=1S/C22H29N3O4S/c1-16-7-8-17(2)18(13-16)15-29-21-14-19(9-10-20(21)24-30(3,27)28)23-22(26)25-11-5-4-6-12-25/h7-10,13-14,24H,4-6,11-12,15H2,1-3H3,(H,23,26). The van der Waals surface area contributed by atoms with Crippen molar-refractivity contribution >= 4 is 27.4 Å². The molecule has 0 aliphatic carbocycles. The third-order valence-electron chi connectivity index (χ3n) is 5.06. The zero-order valence-corrected chi connectivity index (χ0v) is 18.5. The molecule has 1 fully saturated rings. The Morgan fingerprint density at radius 1 is 1.07 bits per heavy atom. The van der Waals surface area contributed by atoms with Crippen molar-refractivity contribution in [1.82, 2.24) is 4.90 Å². The SMILES string of the molecule is Cc1ccc(C)c(COc2cc(NC(=O)N3CCCCC3)ccc2NS(C)(=O)=O)c1. The van der Waals surface area contributed by atoms with Crippen molar-refractivity contribution in [2.45, 2.75) is 39.7 Å². The third kappa shape index (κ3) is 6.13. The van der Waals surface area contributed by atoms with E-state index in [0.717, 1.165) is 55.3 Å². The molecule has 7 nitrogen and oxygen atoms in total. The molecular formula is C22H29N3O4S. The Morgan fingerprint density at radius 2 is 1.80 bits per heavy atom. The third-order valence-corrected chi connectivity index (χ3v) is 5.65. The van der Waals surface area contributed by atoms with Crippen molar-refractivity contribution in [3.63, 3.8) is 0 Å². The summed E-state index contributed by atoms with van der Waals surface area (Å²) >= 11 is 0. The first-order valence-electron chi connectivity index (χ1n) is 10.1. The molecule has 0 aromatic heterocycles. The van der Waals surface area contributed by atoms with E-state index in [9.17, 15) is 13.2 Å². The molecule has 2 amide bonds. The van der Waals surface area contributed by atoms with Crippen LogP contribution in [-0.2, 0) is 16.6 Å². The summed E-state index contributed by atoms with van der Waals surface area (Å²) < 4.78 is 32.0. The lowest BCUT2D eigenvalue weighted by atomic mass is 10.1. The fraction of sp³-hybridized carbons (Fsp3) is 0.409. The number of carbonyl (C=O) groups is 1. The van der Waals surface area contributed by atoms with Crippen LogP contribution >= 0.6 is 0 Å². The van der Waals surface area contributed by atoms with E-state index in [1.54, 1.807) is 23.1 Å². The highest BCUT2D eigenvalue weighted by atomic mass is 32.2. The van der Waals surface area contributed by atoms with E-state index in [4.69, 9.17) is 4.74 Å². The van der Waals surface area contributed by atoms with Gasteiger partial charge in [0.1, 0.15) is 12.4 Å². The van der Waals surface area contributed by atoms with Crippen molar-refractivity contribution in [2.24, 2.45) is 0 Å². The number of ether oxygens (including phenoxy) is 1. The minimum atomic E-state index is -3.48. The number of rotatable bonds is 6. The number of aryl methyl sites for hydroxylation is 2. The van der Waals surface area contributed by atoms with Crippen LogP contribution in [0.15, 0.2) is 36.4 Å². The molecule has 0 bridgehead atoms.